The Morgan fingerprint density at radius 1 is 1.38 bits per heavy atom. The molecule has 1 aliphatic heterocycles. The molecule has 0 bridgehead atoms. The summed E-state index contributed by atoms with van der Waals surface area (Å²) in [6.45, 7) is 0.441. The largest absolute Gasteiger partial charge is 0.469 e. The molecule has 116 valence electrons. The summed E-state index contributed by atoms with van der Waals surface area (Å²) in [5.74, 6) is -0.844. The van der Waals surface area contributed by atoms with Gasteiger partial charge in [0.25, 0.3) is 0 Å². The number of piperidine rings is 1. The highest BCUT2D eigenvalue weighted by atomic mass is 35.5. The van der Waals surface area contributed by atoms with Crippen LogP contribution in [0.1, 0.15) is 12.8 Å². The van der Waals surface area contributed by atoms with Crippen LogP contribution in [0.4, 0.5) is 0 Å². The quantitative estimate of drug-likeness (QED) is 0.785. The first-order valence-corrected chi connectivity index (χ1v) is 8.59. The van der Waals surface area contributed by atoms with E-state index in [1.54, 1.807) is 0 Å². The lowest BCUT2D eigenvalue weighted by molar-refractivity contribution is -0.146. The molecule has 0 N–H and O–H groups in total. The number of hydrogen-bond acceptors (Lipinski definition) is 4. The van der Waals surface area contributed by atoms with E-state index in [9.17, 15) is 13.2 Å². The highest BCUT2D eigenvalue weighted by Gasteiger charge is 2.34. The van der Waals surface area contributed by atoms with E-state index in [1.165, 1.54) is 29.6 Å². The second-order valence-electron chi connectivity index (χ2n) is 4.80. The molecule has 2 rings (SSSR count). The van der Waals surface area contributed by atoms with E-state index in [4.69, 9.17) is 27.9 Å². The van der Waals surface area contributed by atoms with E-state index in [-0.39, 0.29) is 16.5 Å². The summed E-state index contributed by atoms with van der Waals surface area (Å²) >= 11 is 11.8. The van der Waals surface area contributed by atoms with Crippen LogP contribution in [-0.4, -0.2) is 38.9 Å². The summed E-state index contributed by atoms with van der Waals surface area (Å²) in [6.07, 6.45) is 1.21. The predicted molar refractivity (Wildman–Crippen MR) is 80.0 cm³/mol. The van der Waals surface area contributed by atoms with Crippen LogP contribution in [-0.2, 0) is 19.6 Å². The van der Waals surface area contributed by atoms with Gasteiger partial charge in [0.1, 0.15) is 4.90 Å². The molecule has 5 nitrogen and oxygen atoms in total. The minimum atomic E-state index is -3.78. The van der Waals surface area contributed by atoms with Crippen molar-refractivity contribution in [2.75, 3.05) is 20.2 Å². The second-order valence-corrected chi connectivity index (χ2v) is 7.55. The molecule has 1 aromatic rings. The van der Waals surface area contributed by atoms with Crippen LogP contribution in [0.15, 0.2) is 23.1 Å². The highest BCUT2D eigenvalue weighted by Crippen LogP contribution is 2.30. The number of methoxy groups -OCH3 is 1. The predicted octanol–water partition coefficient (Wildman–Crippen LogP) is 2.57. The normalized spacial score (nSPS) is 20.2. The van der Waals surface area contributed by atoms with Crippen molar-refractivity contribution in [3.63, 3.8) is 0 Å². The molecule has 0 amide bonds. The molecule has 1 aliphatic rings. The summed E-state index contributed by atoms with van der Waals surface area (Å²) < 4.78 is 31.2. The number of carbonyl (C=O) groups excluding carboxylic acids is 1. The smallest absolute Gasteiger partial charge is 0.309 e. The molecule has 8 heteroatoms. The lowest BCUT2D eigenvalue weighted by Crippen LogP contribution is -2.42. The fourth-order valence-electron chi connectivity index (χ4n) is 2.33. The third kappa shape index (κ3) is 3.51. The average Bonchev–Trinajstić information content (AvgIpc) is 2.49. The maximum Gasteiger partial charge on any atom is 0.309 e. The van der Waals surface area contributed by atoms with E-state index in [0.29, 0.717) is 24.4 Å². The highest BCUT2D eigenvalue weighted by molar-refractivity contribution is 7.89. The molecule has 1 unspecified atom stereocenters. The molecule has 0 aliphatic carbocycles. The molecular weight excluding hydrogens is 337 g/mol. The van der Waals surface area contributed by atoms with Crippen molar-refractivity contribution in [1.29, 1.82) is 0 Å². The Labute approximate surface area is 133 Å². The topological polar surface area (TPSA) is 63.7 Å². The van der Waals surface area contributed by atoms with Crippen LogP contribution in [0.3, 0.4) is 0 Å². The Bertz CT molecular complexity index is 648. The molecule has 1 atom stereocenters. The van der Waals surface area contributed by atoms with Crippen LogP contribution in [0.25, 0.3) is 0 Å². The third-order valence-electron chi connectivity index (χ3n) is 3.43. The van der Waals surface area contributed by atoms with Gasteiger partial charge < -0.3 is 4.74 Å². The summed E-state index contributed by atoms with van der Waals surface area (Å²) in [7, 11) is -2.49. The fraction of sp³-hybridized carbons (Fsp3) is 0.462. The lowest BCUT2D eigenvalue weighted by Gasteiger charge is -2.30. The van der Waals surface area contributed by atoms with E-state index in [1.807, 2.05) is 0 Å². The van der Waals surface area contributed by atoms with Gasteiger partial charge in [-0.05, 0) is 31.0 Å². The zero-order chi connectivity index (χ0) is 15.6. The van der Waals surface area contributed by atoms with Gasteiger partial charge in [0.05, 0.1) is 18.1 Å². The molecule has 1 saturated heterocycles. The van der Waals surface area contributed by atoms with Crippen LogP contribution in [0.5, 0.6) is 0 Å². The summed E-state index contributed by atoms with van der Waals surface area (Å²) in [5.41, 5.74) is 0. The first-order chi connectivity index (χ1) is 9.86. The van der Waals surface area contributed by atoms with Gasteiger partial charge in [-0.2, -0.15) is 4.31 Å². The molecule has 0 radical (unpaired) electrons. The maximum absolute atomic E-state index is 12.6. The van der Waals surface area contributed by atoms with Crippen molar-refractivity contribution in [2.45, 2.75) is 17.7 Å². The fourth-order valence-corrected chi connectivity index (χ4v) is 4.59. The number of halogens is 2. The minimum Gasteiger partial charge on any atom is -0.469 e. The van der Waals surface area contributed by atoms with Crippen molar-refractivity contribution in [1.82, 2.24) is 4.31 Å². The Morgan fingerprint density at radius 3 is 2.76 bits per heavy atom. The van der Waals surface area contributed by atoms with Gasteiger partial charge in [-0.15, -0.1) is 0 Å². The summed E-state index contributed by atoms with van der Waals surface area (Å²) in [6, 6.07) is 4.29. The Morgan fingerprint density at radius 2 is 2.10 bits per heavy atom. The first kappa shape index (κ1) is 16.5. The molecule has 0 aromatic heterocycles. The molecule has 0 spiro atoms. The Hall–Kier alpha value is -0.820. The third-order valence-corrected chi connectivity index (χ3v) is 6.01. The van der Waals surface area contributed by atoms with Gasteiger partial charge >= 0.3 is 5.97 Å². The standard InChI is InChI=1S/C13H15Cl2NO4S/c1-20-13(17)9-3-2-6-16(8-9)21(18,19)12-7-10(14)4-5-11(12)15/h4-5,7,9H,2-3,6,8H2,1H3. The van der Waals surface area contributed by atoms with Crippen molar-refractivity contribution in [3.8, 4) is 0 Å². The number of rotatable bonds is 3. The van der Waals surface area contributed by atoms with Crippen LogP contribution in [0, 0.1) is 5.92 Å². The van der Waals surface area contributed by atoms with Gasteiger partial charge in [-0.1, -0.05) is 23.2 Å². The van der Waals surface area contributed by atoms with Crippen LogP contribution in [0.2, 0.25) is 10.0 Å². The van der Waals surface area contributed by atoms with Gasteiger partial charge in [-0.3, -0.25) is 4.79 Å². The first-order valence-electron chi connectivity index (χ1n) is 6.39. The van der Waals surface area contributed by atoms with Gasteiger partial charge in [0.2, 0.25) is 10.0 Å². The van der Waals surface area contributed by atoms with Crippen molar-refractivity contribution in [3.05, 3.63) is 28.2 Å². The minimum absolute atomic E-state index is 0.0396. The summed E-state index contributed by atoms with van der Waals surface area (Å²) in [4.78, 5) is 11.6. The molecule has 0 saturated carbocycles. The Kier molecular flexibility index (Phi) is 5.14. The number of carbonyl (C=O) groups is 1. The molecule has 21 heavy (non-hydrogen) atoms. The monoisotopic (exact) mass is 351 g/mol. The van der Waals surface area contributed by atoms with E-state index in [2.05, 4.69) is 0 Å². The van der Waals surface area contributed by atoms with Crippen molar-refractivity contribution < 1.29 is 17.9 Å². The van der Waals surface area contributed by atoms with Crippen LogP contribution < -0.4 is 0 Å². The zero-order valence-electron chi connectivity index (χ0n) is 11.4. The number of esters is 1. The number of benzene rings is 1. The number of nitrogens with zero attached hydrogens (tertiary/aromatic N) is 1. The van der Waals surface area contributed by atoms with Gasteiger partial charge in [-0.25, -0.2) is 8.42 Å². The van der Waals surface area contributed by atoms with E-state index in [0.717, 1.165) is 0 Å². The number of hydrogen-bond donors (Lipinski definition) is 0. The second kappa shape index (κ2) is 6.52. The molecular formula is C13H15Cl2NO4S. The van der Waals surface area contributed by atoms with Crippen molar-refractivity contribution >= 4 is 39.2 Å². The van der Waals surface area contributed by atoms with E-state index < -0.39 is 21.9 Å². The average molecular weight is 352 g/mol. The van der Waals surface area contributed by atoms with E-state index >= 15 is 0 Å². The molecule has 1 heterocycles. The molecule has 1 fully saturated rings. The number of ether oxygens (including phenoxy) is 1. The summed E-state index contributed by atoms with van der Waals surface area (Å²) in [5, 5.41) is 0.402. The van der Waals surface area contributed by atoms with Crippen LogP contribution >= 0.6 is 23.2 Å². The maximum atomic E-state index is 12.6. The Balaban J connectivity index is 2.31. The number of sulfonamides is 1. The zero-order valence-corrected chi connectivity index (χ0v) is 13.7. The SMILES string of the molecule is COC(=O)C1CCCN(S(=O)(=O)c2cc(Cl)ccc2Cl)C1. The van der Waals surface area contributed by atoms with Gasteiger partial charge in [0.15, 0.2) is 0 Å². The van der Waals surface area contributed by atoms with Gasteiger partial charge in [0, 0.05) is 18.1 Å². The van der Waals surface area contributed by atoms with Crippen molar-refractivity contribution in [2.24, 2.45) is 5.92 Å². The molecule has 1 aromatic carbocycles. The lowest BCUT2D eigenvalue weighted by atomic mass is 10.0.